The van der Waals surface area contributed by atoms with Crippen LogP contribution in [0.2, 0.25) is 0 Å². The van der Waals surface area contributed by atoms with Crippen LogP contribution >= 0.6 is 0 Å². The Morgan fingerprint density at radius 1 is 1.36 bits per heavy atom. The molecule has 1 atom stereocenters. The summed E-state index contributed by atoms with van der Waals surface area (Å²) < 4.78 is 10.5. The number of hydrogen-bond acceptors (Lipinski definition) is 7. The van der Waals surface area contributed by atoms with E-state index in [0.717, 1.165) is 32.8 Å². The molecule has 1 aliphatic rings. The number of ether oxygens (including phenoxy) is 1. The van der Waals surface area contributed by atoms with E-state index in [2.05, 4.69) is 25.3 Å². The molecule has 0 unspecified atom stereocenters. The molecule has 1 amide bonds. The van der Waals surface area contributed by atoms with Crippen molar-refractivity contribution in [1.29, 1.82) is 0 Å². The minimum atomic E-state index is -0.0154. The second kappa shape index (κ2) is 8.68. The van der Waals surface area contributed by atoms with Crippen LogP contribution in [0.3, 0.4) is 0 Å². The van der Waals surface area contributed by atoms with Gasteiger partial charge in [-0.3, -0.25) is 14.7 Å². The summed E-state index contributed by atoms with van der Waals surface area (Å²) in [5.74, 6) is 0.867. The van der Waals surface area contributed by atoms with Crippen LogP contribution in [0.25, 0.3) is 11.5 Å². The summed E-state index contributed by atoms with van der Waals surface area (Å²) in [6, 6.07) is 5.60. The maximum atomic E-state index is 12.1. The fourth-order valence-electron chi connectivity index (χ4n) is 2.74. The van der Waals surface area contributed by atoms with Crippen molar-refractivity contribution >= 4 is 5.91 Å². The summed E-state index contributed by atoms with van der Waals surface area (Å²) in [5, 5.41) is 6.92. The van der Waals surface area contributed by atoms with Gasteiger partial charge >= 0.3 is 0 Å². The highest BCUT2D eigenvalue weighted by Gasteiger charge is 2.16. The number of carbonyl (C=O) groups excluding carboxylic acids is 1. The Balaban J connectivity index is 1.42. The number of nitrogens with zero attached hydrogens (tertiary/aromatic N) is 4. The third-order valence-electron chi connectivity index (χ3n) is 3.97. The molecule has 1 saturated heterocycles. The zero-order valence-corrected chi connectivity index (χ0v) is 14.4. The van der Waals surface area contributed by atoms with Crippen LogP contribution in [0.4, 0.5) is 0 Å². The van der Waals surface area contributed by atoms with E-state index in [1.807, 2.05) is 25.1 Å². The molecule has 2 aromatic rings. The average molecular weight is 345 g/mol. The lowest BCUT2D eigenvalue weighted by atomic mass is 10.2. The van der Waals surface area contributed by atoms with E-state index in [1.54, 1.807) is 6.20 Å². The van der Waals surface area contributed by atoms with Gasteiger partial charge in [-0.25, -0.2) is 0 Å². The molecular formula is C17H23N5O3. The number of carbonyl (C=O) groups is 1. The zero-order valence-electron chi connectivity index (χ0n) is 14.4. The number of aromatic nitrogens is 3. The monoisotopic (exact) mass is 345 g/mol. The lowest BCUT2D eigenvalue weighted by Gasteiger charge is -2.29. The molecule has 8 heteroatoms. The molecular weight excluding hydrogens is 322 g/mol. The van der Waals surface area contributed by atoms with Crippen molar-refractivity contribution in [2.45, 2.75) is 25.8 Å². The van der Waals surface area contributed by atoms with Gasteiger partial charge < -0.3 is 14.6 Å². The molecule has 8 nitrogen and oxygen atoms in total. The normalized spacial score (nSPS) is 16.5. The van der Waals surface area contributed by atoms with Gasteiger partial charge in [0.05, 0.1) is 13.2 Å². The molecule has 0 spiro atoms. The second-order valence-electron chi connectivity index (χ2n) is 6.11. The van der Waals surface area contributed by atoms with E-state index in [4.69, 9.17) is 9.26 Å². The predicted octanol–water partition coefficient (Wildman–Crippen LogP) is 0.901. The number of nitrogens with one attached hydrogen (secondary N) is 1. The van der Waals surface area contributed by atoms with Crippen molar-refractivity contribution in [2.24, 2.45) is 0 Å². The molecule has 1 N–H and O–H groups in total. The largest absolute Gasteiger partial charge is 0.379 e. The lowest BCUT2D eigenvalue weighted by Crippen LogP contribution is -2.46. The SMILES string of the molecule is C[C@@H](CN1CCOCC1)NC(=O)CCc1nc(-c2ccccn2)no1. The minimum absolute atomic E-state index is 0.0154. The van der Waals surface area contributed by atoms with E-state index in [-0.39, 0.29) is 11.9 Å². The van der Waals surface area contributed by atoms with Crippen LogP contribution < -0.4 is 5.32 Å². The maximum Gasteiger partial charge on any atom is 0.227 e. The van der Waals surface area contributed by atoms with Crippen molar-refractivity contribution in [1.82, 2.24) is 25.3 Å². The second-order valence-corrected chi connectivity index (χ2v) is 6.11. The number of aryl methyl sites for hydroxylation is 1. The zero-order chi connectivity index (χ0) is 17.5. The summed E-state index contributed by atoms with van der Waals surface area (Å²) in [4.78, 5) is 22.8. The summed E-state index contributed by atoms with van der Waals surface area (Å²) in [6.07, 6.45) is 2.40. The molecule has 0 aromatic carbocycles. The first-order valence-corrected chi connectivity index (χ1v) is 8.54. The Morgan fingerprint density at radius 2 is 2.20 bits per heavy atom. The molecule has 0 bridgehead atoms. The van der Waals surface area contributed by atoms with Crippen LogP contribution in [0.5, 0.6) is 0 Å². The Kier molecular flexibility index (Phi) is 6.08. The number of pyridine rings is 1. The third kappa shape index (κ3) is 5.33. The smallest absolute Gasteiger partial charge is 0.227 e. The first-order chi connectivity index (χ1) is 12.2. The van der Waals surface area contributed by atoms with Gasteiger partial charge in [-0.2, -0.15) is 4.98 Å². The van der Waals surface area contributed by atoms with Gasteiger partial charge in [0.25, 0.3) is 0 Å². The fourth-order valence-corrected chi connectivity index (χ4v) is 2.74. The summed E-state index contributed by atoms with van der Waals surface area (Å²) in [5.41, 5.74) is 0.654. The molecule has 1 fully saturated rings. The molecule has 0 saturated carbocycles. The highest BCUT2D eigenvalue weighted by Crippen LogP contribution is 2.12. The van der Waals surface area contributed by atoms with Gasteiger partial charge in [0.1, 0.15) is 5.69 Å². The summed E-state index contributed by atoms with van der Waals surface area (Å²) in [6.45, 7) is 6.20. The van der Waals surface area contributed by atoms with Crippen molar-refractivity contribution in [3.63, 3.8) is 0 Å². The lowest BCUT2D eigenvalue weighted by molar-refractivity contribution is -0.121. The van der Waals surface area contributed by atoms with E-state index < -0.39 is 0 Å². The standard InChI is InChI=1S/C17H23N5O3/c1-13(12-22-8-10-24-11-9-22)19-15(23)5-6-16-20-17(21-25-16)14-4-2-3-7-18-14/h2-4,7,13H,5-6,8-12H2,1H3,(H,19,23)/t13-/m0/s1. The van der Waals surface area contributed by atoms with Gasteiger partial charge in [0, 0.05) is 44.7 Å². The molecule has 25 heavy (non-hydrogen) atoms. The van der Waals surface area contributed by atoms with Gasteiger partial charge in [-0.15, -0.1) is 0 Å². The van der Waals surface area contributed by atoms with Gasteiger partial charge in [0.15, 0.2) is 0 Å². The molecule has 2 aromatic heterocycles. The molecule has 1 aliphatic heterocycles. The number of rotatable bonds is 7. The van der Waals surface area contributed by atoms with Crippen LogP contribution in [0, 0.1) is 0 Å². The highest BCUT2D eigenvalue weighted by atomic mass is 16.5. The quantitative estimate of drug-likeness (QED) is 0.797. The molecule has 0 aliphatic carbocycles. The number of morpholine rings is 1. The first kappa shape index (κ1) is 17.5. The third-order valence-corrected chi connectivity index (χ3v) is 3.97. The molecule has 0 radical (unpaired) electrons. The average Bonchev–Trinajstić information content (AvgIpc) is 3.10. The number of hydrogen-bond donors (Lipinski definition) is 1. The van der Waals surface area contributed by atoms with Gasteiger partial charge in [0.2, 0.25) is 17.6 Å². The first-order valence-electron chi connectivity index (χ1n) is 8.54. The van der Waals surface area contributed by atoms with Crippen LogP contribution in [0.1, 0.15) is 19.2 Å². The van der Waals surface area contributed by atoms with E-state index in [9.17, 15) is 4.79 Å². The maximum absolute atomic E-state index is 12.1. The van der Waals surface area contributed by atoms with Crippen LogP contribution in [-0.4, -0.2) is 64.8 Å². The Hall–Kier alpha value is -2.32. The van der Waals surface area contributed by atoms with Gasteiger partial charge in [-0.1, -0.05) is 11.2 Å². The highest BCUT2D eigenvalue weighted by molar-refractivity contribution is 5.76. The molecule has 3 rings (SSSR count). The Labute approximate surface area is 146 Å². The summed E-state index contributed by atoms with van der Waals surface area (Å²) in [7, 11) is 0. The molecule has 134 valence electrons. The van der Waals surface area contributed by atoms with Gasteiger partial charge in [-0.05, 0) is 19.1 Å². The van der Waals surface area contributed by atoms with Crippen LogP contribution in [0.15, 0.2) is 28.9 Å². The van der Waals surface area contributed by atoms with Crippen molar-refractivity contribution < 1.29 is 14.1 Å². The van der Waals surface area contributed by atoms with E-state index >= 15 is 0 Å². The van der Waals surface area contributed by atoms with E-state index in [1.165, 1.54) is 0 Å². The van der Waals surface area contributed by atoms with Crippen molar-refractivity contribution in [3.8, 4) is 11.5 Å². The van der Waals surface area contributed by atoms with Crippen molar-refractivity contribution in [3.05, 3.63) is 30.3 Å². The van der Waals surface area contributed by atoms with Crippen molar-refractivity contribution in [2.75, 3.05) is 32.8 Å². The topological polar surface area (TPSA) is 93.4 Å². The fraction of sp³-hybridized carbons (Fsp3) is 0.529. The number of amides is 1. The van der Waals surface area contributed by atoms with Crippen LogP contribution in [-0.2, 0) is 16.0 Å². The Bertz CT molecular complexity index is 670. The predicted molar refractivity (Wildman–Crippen MR) is 90.7 cm³/mol. The molecule has 3 heterocycles. The Morgan fingerprint density at radius 3 is 2.96 bits per heavy atom. The summed E-state index contributed by atoms with van der Waals surface area (Å²) >= 11 is 0. The van der Waals surface area contributed by atoms with E-state index in [0.29, 0.717) is 30.3 Å². The minimum Gasteiger partial charge on any atom is -0.379 e.